The van der Waals surface area contributed by atoms with E-state index in [9.17, 15) is 4.79 Å². The molecule has 1 amide bonds. The van der Waals surface area contributed by atoms with Crippen LogP contribution in [0.4, 0.5) is 5.69 Å². The third-order valence-corrected chi connectivity index (χ3v) is 4.66. The van der Waals surface area contributed by atoms with Crippen molar-refractivity contribution in [3.05, 3.63) is 53.1 Å². The molecular weight excluding hydrogens is 314 g/mol. The molecule has 4 rings (SSSR count). The van der Waals surface area contributed by atoms with Gasteiger partial charge >= 0.3 is 0 Å². The molecule has 0 aliphatic carbocycles. The first kappa shape index (κ1) is 15.7. The number of para-hydroxylation sites is 1. The molecule has 6 heteroatoms. The summed E-state index contributed by atoms with van der Waals surface area (Å²) in [5.41, 5.74) is 3.98. The zero-order valence-electron chi connectivity index (χ0n) is 14.6. The number of carbonyl (C=O) groups is 1. The van der Waals surface area contributed by atoms with Crippen molar-refractivity contribution in [1.29, 1.82) is 0 Å². The van der Waals surface area contributed by atoms with E-state index in [-0.39, 0.29) is 11.7 Å². The van der Waals surface area contributed by atoms with Gasteiger partial charge in [-0.3, -0.25) is 4.79 Å². The second kappa shape index (κ2) is 6.27. The third kappa shape index (κ3) is 2.88. The Morgan fingerprint density at radius 2 is 1.92 bits per heavy atom. The number of rotatable bonds is 1. The lowest BCUT2D eigenvalue weighted by Crippen LogP contribution is -2.34. The molecule has 6 nitrogen and oxygen atoms in total. The summed E-state index contributed by atoms with van der Waals surface area (Å²) < 4.78 is 1.64. The number of fused-ring (bicyclic) bond motifs is 2. The van der Waals surface area contributed by atoms with Gasteiger partial charge in [-0.05, 0) is 50.8 Å². The Labute approximate surface area is 146 Å². The minimum atomic E-state index is -0.156. The maximum atomic E-state index is 13.2. The quantitative estimate of drug-likeness (QED) is 0.685. The average molecular weight is 335 g/mol. The zero-order chi connectivity index (χ0) is 17.4. The zero-order valence-corrected chi connectivity index (χ0v) is 14.6. The number of aromatic nitrogens is 4. The Balaban J connectivity index is 1.77. The van der Waals surface area contributed by atoms with E-state index in [1.165, 1.54) is 5.56 Å². The second-order valence-electron chi connectivity index (χ2n) is 6.58. The van der Waals surface area contributed by atoms with Gasteiger partial charge in [0.1, 0.15) is 0 Å². The number of benzene rings is 1. The molecule has 0 unspecified atom stereocenters. The molecule has 0 N–H and O–H groups in total. The number of hydrogen-bond acceptors (Lipinski definition) is 4. The molecule has 0 bridgehead atoms. The lowest BCUT2D eigenvalue weighted by atomic mass is 10.0. The van der Waals surface area contributed by atoms with Gasteiger partial charge in [0, 0.05) is 23.6 Å². The van der Waals surface area contributed by atoms with Crippen molar-refractivity contribution in [2.24, 2.45) is 0 Å². The van der Waals surface area contributed by atoms with Crippen LogP contribution in [0.15, 0.2) is 30.3 Å². The van der Waals surface area contributed by atoms with Crippen molar-refractivity contribution in [3.63, 3.8) is 0 Å². The maximum Gasteiger partial charge on any atom is 0.298 e. The standard InChI is InChI=1S/C19H21N5O/c1-13-12-14(2)24-19(20-13)21-17(22-24)18(25)23-11-7-3-4-8-15-9-5-6-10-16(15)23/h5-6,9-10,12H,3-4,7-8,11H2,1-2H3. The van der Waals surface area contributed by atoms with Crippen LogP contribution in [0.25, 0.3) is 5.78 Å². The van der Waals surface area contributed by atoms with Crippen LogP contribution in [-0.4, -0.2) is 32.0 Å². The summed E-state index contributed by atoms with van der Waals surface area (Å²) in [4.78, 5) is 23.7. The second-order valence-corrected chi connectivity index (χ2v) is 6.58. The fourth-order valence-electron chi connectivity index (χ4n) is 3.46. The normalized spacial score (nSPS) is 14.9. The smallest absolute Gasteiger partial charge is 0.298 e. The minimum Gasteiger partial charge on any atom is -0.305 e. The third-order valence-electron chi connectivity index (χ3n) is 4.66. The molecule has 25 heavy (non-hydrogen) atoms. The number of hydrogen-bond donors (Lipinski definition) is 0. The minimum absolute atomic E-state index is 0.156. The van der Waals surface area contributed by atoms with Crippen molar-refractivity contribution in [1.82, 2.24) is 19.6 Å². The van der Waals surface area contributed by atoms with Gasteiger partial charge in [0.2, 0.25) is 5.82 Å². The molecule has 128 valence electrons. The van der Waals surface area contributed by atoms with Crippen molar-refractivity contribution in [2.75, 3.05) is 11.4 Å². The van der Waals surface area contributed by atoms with E-state index >= 15 is 0 Å². The van der Waals surface area contributed by atoms with Crippen LogP contribution < -0.4 is 4.90 Å². The molecule has 0 fully saturated rings. The number of amides is 1. The number of carbonyl (C=O) groups excluding carboxylic acids is 1. The Morgan fingerprint density at radius 1 is 1.08 bits per heavy atom. The lowest BCUT2D eigenvalue weighted by Gasteiger charge is -2.26. The van der Waals surface area contributed by atoms with Crippen LogP contribution in [0.2, 0.25) is 0 Å². The highest BCUT2D eigenvalue weighted by molar-refractivity contribution is 6.04. The summed E-state index contributed by atoms with van der Waals surface area (Å²) in [6.45, 7) is 4.55. The van der Waals surface area contributed by atoms with Gasteiger partial charge in [-0.25, -0.2) is 9.50 Å². The van der Waals surface area contributed by atoms with Gasteiger partial charge in [-0.2, -0.15) is 4.98 Å². The summed E-state index contributed by atoms with van der Waals surface area (Å²) in [5.74, 6) is 0.523. The highest BCUT2D eigenvalue weighted by Crippen LogP contribution is 2.26. The van der Waals surface area contributed by atoms with Crippen LogP contribution in [0.1, 0.15) is 46.8 Å². The molecule has 3 aromatic rings. The van der Waals surface area contributed by atoms with Crippen molar-refractivity contribution >= 4 is 17.4 Å². The van der Waals surface area contributed by atoms with E-state index < -0.39 is 0 Å². The number of nitrogens with zero attached hydrogens (tertiary/aromatic N) is 5. The van der Waals surface area contributed by atoms with Crippen LogP contribution >= 0.6 is 0 Å². The van der Waals surface area contributed by atoms with E-state index in [1.807, 2.05) is 43.0 Å². The van der Waals surface area contributed by atoms with Gasteiger partial charge in [0.15, 0.2) is 0 Å². The SMILES string of the molecule is Cc1cc(C)n2nc(C(=O)N3CCCCCc4ccccc43)nc2n1. The molecule has 1 aliphatic rings. The largest absolute Gasteiger partial charge is 0.305 e. The van der Waals surface area contributed by atoms with Crippen molar-refractivity contribution < 1.29 is 4.79 Å². The number of anilines is 1. The lowest BCUT2D eigenvalue weighted by molar-refractivity contribution is 0.0976. The first-order valence-corrected chi connectivity index (χ1v) is 8.74. The summed E-state index contributed by atoms with van der Waals surface area (Å²) in [7, 11) is 0. The van der Waals surface area contributed by atoms with Crippen LogP contribution in [0, 0.1) is 13.8 Å². The molecule has 2 aromatic heterocycles. The van der Waals surface area contributed by atoms with Gasteiger partial charge in [0.05, 0.1) is 0 Å². The highest BCUT2D eigenvalue weighted by Gasteiger charge is 2.25. The summed E-state index contributed by atoms with van der Waals surface area (Å²) in [6.07, 6.45) is 4.27. The van der Waals surface area contributed by atoms with E-state index in [0.717, 1.165) is 42.8 Å². The topological polar surface area (TPSA) is 63.4 Å². The first-order chi connectivity index (χ1) is 12.1. The molecular formula is C19H21N5O. The predicted octanol–water partition coefficient (Wildman–Crippen LogP) is 3.11. The van der Waals surface area contributed by atoms with E-state index in [0.29, 0.717) is 12.3 Å². The Kier molecular flexibility index (Phi) is 3.95. The predicted molar refractivity (Wildman–Crippen MR) is 95.9 cm³/mol. The van der Waals surface area contributed by atoms with E-state index in [1.54, 1.807) is 4.52 Å². The Morgan fingerprint density at radius 3 is 2.80 bits per heavy atom. The number of aryl methyl sites for hydroxylation is 3. The molecule has 0 atom stereocenters. The molecule has 0 spiro atoms. The fourth-order valence-corrected chi connectivity index (χ4v) is 3.46. The first-order valence-electron chi connectivity index (χ1n) is 8.74. The van der Waals surface area contributed by atoms with Crippen LogP contribution in [0.3, 0.4) is 0 Å². The van der Waals surface area contributed by atoms with Gasteiger partial charge in [-0.15, -0.1) is 5.10 Å². The van der Waals surface area contributed by atoms with Crippen LogP contribution in [0.5, 0.6) is 0 Å². The molecule has 3 heterocycles. The molecule has 0 radical (unpaired) electrons. The summed E-state index contributed by atoms with van der Waals surface area (Å²) in [6, 6.07) is 10.1. The van der Waals surface area contributed by atoms with Gasteiger partial charge < -0.3 is 4.90 Å². The van der Waals surface area contributed by atoms with Gasteiger partial charge in [0.25, 0.3) is 11.7 Å². The van der Waals surface area contributed by atoms with Gasteiger partial charge in [-0.1, -0.05) is 24.6 Å². The average Bonchev–Trinajstić information content (AvgIpc) is 2.99. The maximum absolute atomic E-state index is 13.2. The van der Waals surface area contributed by atoms with Crippen LogP contribution in [-0.2, 0) is 6.42 Å². The highest BCUT2D eigenvalue weighted by atomic mass is 16.2. The fraction of sp³-hybridized carbons (Fsp3) is 0.368. The Bertz CT molecular complexity index is 946. The van der Waals surface area contributed by atoms with E-state index in [2.05, 4.69) is 21.1 Å². The summed E-state index contributed by atoms with van der Waals surface area (Å²) >= 11 is 0. The monoisotopic (exact) mass is 335 g/mol. The van der Waals surface area contributed by atoms with Crippen molar-refractivity contribution in [3.8, 4) is 0 Å². The van der Waals surface area contributed by atoms with Crippen molar-refractivity contribution in [2.45, 2.75) is 39.5 Å². The van der Waals surface area contributed by atoms with E-state index in [4.69, 9.17) is 0 Å². The molecule has 0 saturated carbocycles. The molecule has 1 aromatic carbocycles. The Hall–Kier alpha value is -2.76. The molecule has 1 aliphatic heterocycles. The summed E-state index contributed by atoms with van der Waals surface area (Å²) in [5, 5.41) is 4.41. The molecule has 0 saturated heterocycles.